The van der Waals surface area contributed by atoms with Gasteiger partial charge in [-0.15, -0.1) is 0 Å². The zero-order valence-corrected chi connectivity index (χ0v) is 10.1. The van der Waals surface area contributed by atoms with E-state index in [9.17, 15) is 4.79 Å². The molecule has 0 saturated carbocycles. The molecular weight excluding hydrogens is 206 g/mol. The number of aromatic nitrogens is 2. The minimum absolute atomic E-state index is 0.371. The molecule has 0 aliphatic rings. The monoisotopic (exact) mass is 225 g/mol. The zero-order chi connectivity index (χ0) is 12.1. The summed E-state index contributed by atoms with van der Waals surface area (Å²) >= 11 is 0. The molecule has 0 fully saturated rings. The molecule has 0 aliphatic heterocycles. The summed E-state index contributed by atoms with van der Waals surface area (Å²) in [6, 6.07) is 1.39. The Balaban J connectivity index is 2.79. The number of hydrogen-bond donors (Lipinski definition) is 1. The summed E-state index contributed by atoms with van der Waals surface area (Å²) in [5.41, 5.74) is 7.81. The van der Waals surface area contributed by atoms with Crippen molar-refractivity contribution in [2.75, 3.05) is 7.11 Å². The van der Waals surface area contributed by atoms with Crippen LogP contribution in [0, 0.1) is 0 Å². The van der Waals surface area contributed by atoms with E-state index in [2.05, 4.69) is 16.8 Å². The molecule has 0 aliphatic carbocycles. The van der Waals surface area contributed by atoms with Gasteiger partial charge in [-0.3, -0.25) is 9.48 Å². The first kappa shape index (κ1) is 12.7. The van der Waals surface area contributed by atoms with Gasteiger partial charge >= 0.3 is 5.97 Å². The van der Waals surface area contributed by atoms with Gasteiger partial charge in [0, 0.05) is 5.69 Å². The smallest absolute Gasteiger partial charge is 0.324 e. The summed E-state index contributed by atoms with van der Waals surface area (Å²) < 4.78 is 6.38. The number of nitrogens with zero attached hydrogens (tertiary/aromatic N) is 2. The summed E-state index contributed by atoms with van der Waals surface area (Å²) in [6.07, 6.45) is 1.76. The molecular formula is C11H19N3O2. The average molecular weight is 225 g/mol. The van der Waals surface area contributed by atoms with Gasteiger partial charge in [0.1, 0.15) is 6.04 Å². The van der Waals surface area contributed by atoms with Crippen molar-refractivity contribution in [1.29, 1.82) is 0 Å². The highest BCUT2D eigenvalue weighted by molar-refractivity contribution is 5.75. The van der Waals surface area contributed by atoms with Crippen molar-refractivity contribution in [2.45, 2.75) is 39.3 Å². The molecule has 2 N–H and O–H groups in total. The first-order chi connectivity index (χ1) is 7.62. The molecule has 5 heteroatoms. The van der Waals surface area contributed by atoms with Gasteiger partial charge in [0.25, 0.3) is 0 Å². The van der Waals surface area contributed by atoms with Gasteiger partial charge in [0.05, 0.1) is 19.3 Å². The molecule has 0 aromatic carbocycles. The van der Waals surface area contributed by atoms with Crippen LogP contribution < -0.4 is 5.73 Å². The molecule has 1 atom stereocenters. The van der Waals surface area contributed by atoms with E-state index in [0.717, 1.165) is 24.2 Å². The second kappa shape index (κ2) is 5.65. The number of rotatable bonds is 5. The highest BCUT2D eigenvalue weighted by Gasteiger charge is 2.16. The predicted molar refractivity (Wildman–Crippen MR) is 61.0 cm³/mol. The third-order valence-electron chi connectivity index (χ3n) is 2.51. The van der Waals surface area contributed by atoms with Gasteiger partial charge in [-0.05, 0) is 18.9 Å². The fraction of sp³-hybridized carbons (Fsp3) is 0.636. The van der Waals surface area contributed by atoms with Crippen molar-refractivity contribution in [2.24, 2.45) is 5.73 Å². The lowest BCUT2D eigenvalue weighted by Gasteiger charge is -2.11. The third-order valence-corrected chi connectivity index (χ3v) is 2.51. The molecule has 1 rings (SSSR count). The number of carbonyl (C=O) groups is 1. The molecule has 1 heterocycles. The van der Waals surface area contributed by atoms with E-state index in [1.54, 1.807) is 4.68 Å². The van der Waals surface area contributed by atoms with Crippen LogP contribution in [0.2, 0.25) is 0 Å². The predicted octanol–water partition coefficient (Wildman–Crippen LogP) is 0.508. The van der Waals surface area contributed by atoms with Crippen molar-refractivity contribution in [1.82, 2.24) is 9.78 Å². The number of methoxy groups -OCH3 is 1. The molecule has 0 saturated heterocycles. The second-order valence-electron chi connectivity index (χ2n) is 3.65. The summed E-state index contributed by atoms with van der Waals surface area (Å²) in [6.45, 7) is 4.47. The average Bonchev–Trinajstić information content (AvgIpc) is 2.70. The minimum atomic E-state index is -0.653. The van der Waals surface area contributed by atoms with Crippen LogP contribution in [0.1, 0.15) is 25.2 Å². The quantitative estimate of drug-likeness (QED) is 0.741. The van der Waals surface area contributed by atoms with E-state index in [-0.39, 0.29) is 0 Å². The van der Waals surface area contributed by atoms with Crippen LogP contribution in [0.5, 0.6) is 0 Å². The van der Waals surface area contributed by atoms with Crippen LogP contribution in [0.25, 0.3) is 0 Å². The maximum atomic E-state index is 11.2. The van der Waals surface area contributed by atoms with Gasteiger partial charge in [-0.25, -0.2) is 0 Å². The number of aryl methyl sites for hydroxylation is 2. The second-order valence-corrected chi connectivity index (χ2v) is 3.65. The number of carbonyl (C=O) groups excluding carboxylic acids is 1. The van der Waals surface area contributed by atoms with Gasteiger partial charge in [0.15, 0.2) is 0 Å². The Kier molecular flexibility index (Phi) is 4.49. The van der Waals surface area contributed by atoms with E-state index >= 15 is 0 Å². The maximum absolute atomic E-state index is 11.2. The number of hydrogen-bond acceptors (Lipinski definition) is 4. The largest absolute Gasteiger partial charge is 0.468 e. The Bertz CT molecular complexity index is 360. The van der Waals surface area contributed by atoms with E-state index in [1.807, 2.05) is 13.0 Å². The highest BCUT2D eigenvalue weighted by Crippen LogP contribution is 2.07. The first-order valence-electron chi connectivity index (χ1n) is 5.51. The molecule has 5 nitrogen and oxygen atoms in total. The standard InChI is InChI=1S/C11H19N3O2/c1-4-8-6-9(5-2)14(13-8)7-10(12)11(15)16-3/h6,10H,4-5,7,12H2,1-3H3. The van der Waals surface area contributed by atoms with Gasteiger partial charge in [0.2, 0.25) is 0 Å². The highest BCUT2D eigenvalue weighted by atomic mass is 16.5. The minimum Gasteiger partial charge on any atom is -0.468 e. The Labute approximate surface area is 95.6 Å². The van der Waals surface area contributed by atoms with Crippen molar-refractivity contribution < 1.29 is 9.53 Å². The summed E-state index contributed by atoms with van der Waals surface area (Å²) in [5.74, 6) is -0.407. The van der Waals surface area contributed by atoms with E-state index < -0.39 is 12.0 Å². The lowest BCUT2D eigenvalue weighted by atomic mass is 10.2. The fourth-order valence-electron chi connectivity index (χ4n) is 1.54. The van der Waals surface area contributed by atoms with Crippen molar-refractivity contribution in [3.8, 4) is 0 Å². The first-order valence-corrected chi connectivity index (χ1v) is 5.51. The van der Waals surface area contributed by atoms with Crippen LogP contribution in [0.4, 0.5) is 0 Å². The zero-order valence-electron chi connectivity index (χ0n) is 10.1. The normalized spacial score (nSPS) is 12.5. The fourth-order valence-corrected chi connectivity index (χ4v) is 1.54. The van der Waals surface area contributed by atoms with Gasteiger partial charge in [-0.2, -0.15) is 5.10 Å². The van der Waals surface area contributed by atoms with Gasteiger partial charge in [-0.1, -0.05) is 13.8 Å². The lowest BCUT2D eigenvalue weighted by Crippen LogP contribution is -2.36. The van der Waals surface area contributed by atoms with Gasteiger partial charge < -0.3 is 10.5 Å². The van der Waals surface area contributed by atoms with Crippen LogP contribution in [-0.4, -0.2) is 28.9 Å². The maximum Gasteiger partial charge on any atom is 0.324 e. The molecule has 90 valence electrons. The number of esters is 1. The Morgan fingerprint density at radius 2 is 2.25 bits per heavy atom. The van der Waals surface area contributed by atoms with Crippen LogP contribution >= 0.6 is 0 Å². The summed E-state index contributed by atoms with van der Waals surface area (Å²) in [4.78, 5) is 11.2. The summed E-state index contributed by atoms with van der Waals surface area (Å²) in [7, 11) is 1.34. The van der Waals surface area contributed by atoms with Crippen molar-refractivity contribution >= 4 is 5.97 Å². The molecule has 1 aromatic rings. The SMILES string of the molecule is CCc1cc(CC)n(CC(N)C(=O)OC)n1. The van der Waals surface area contributed by atoms with Crippen molar-refractivity contribution in [3.05, 3.63) is 17.5 Å². The Morgan fingerprint density at radius 3 is 2.75 bits per heavy atom. The third kappa shape index (κ3) is 2.82. The summed E-state index contributed by atoms with van der Waals surface area (Å²) in [5, 5.41) is 4.39. The molecule has 0 bridgehead atoms. The van der Waals surface area contributed by atoms with Crippen LogP contribution in [0.15, 0.2) is 6.07 Å². The Morgan fingerprint density at radius 1 is 1.56 bits per heavy atom. The molecule has 0 amide bonds. The topological polar surface area (TPSA) is 70.1 Å². The van der Waals surface area contributed by atoms with Crippen LogP contribution in [0.3, 0.4) is 0 Å². The van der Waals surface area contributed by atoms with Crippen LogP contribution in [-0.2, 0) is 28.9 Å². The molecule has 0 spiro atoms. The molecule has 0 radical (unpaired) electrons. The van der Waals surface area contributed by atoms with E-state index in [1.165, 1.54) is 7.11 Å². The lowest BCUT2D eigenvalue weighted by molar-refractivity contribution is -0.142. The molecule has 16 heavy (non-hydrogen) atoms. The Hall–Kier alpha value is -1.36. The molecule has 1 unspecified atom stereocenters. The number of nitrogens with two attached hydrogens (primary N) is 1. The molecule has 1 aromatic heterocycles. The number of ether oxygens (including phenoxy) is 1. The van der Waals surface area contributed by atoms with E-state index in [0.29, 0.717) is 6.54 Å². The van der Waals surface area contributed by atoms with E-state index in [4.69, 9.17) is 5.73 Å². The van der Waals surface area contributed by atoms with Crippen molar-refractivity contribution in [3.63, 3.8) is 0 Å².